The van der Waals surface area contributed by atoms with E-state index in [0.29, 0.717) is 42.6 Å². The van der Waals surface area contributed by atoms with Crippen molar-refractivity contribution in [2.24, 2.45) is 5.92 Å². The highest BCUT2D eigenvalue weighted by molar-refractivity contribution is 7.08. The molecule has 5 rings (SSSR count). The average Bonchev–Trinajstić information content (AvgIpc) is 3.49. The molecule has 1 fully saturated rings. The van der Waals surface area contributed by atoms with Gasteiger partial charge in [0.15, 0.2) is 11.4 Å². The van der Waals surface area contributed by atoms with Gasteiger partial charge in [0.25, 0.3) is 0 Å². The fourth-order valence-corrected chi connectivity index (χ4v) is 5.29. The predicted octanol–water partition coefficient (Wildman–Crippen LogP) is 4.66. The van der Waals surface area contributed by atoms with Crippen molar-refractivity contribution in [3.8, 4) is 22.4 Å². The number of carboxylic acids is 1. The smallest absolute Gasteiger partial charge is 0.306 e. The Balaban J connectivity index is 1.57. The summed E-state index contributed by atoms with van der Waals surface area (Å²) in [4.78, 5) is 33.3. The maximum atomic E-state index is 12.5. The molecular weight excluding hydrogens is 438 g/mol. The normalized spacial score (nSPS) is 18.5. The van der Waals surface area contributed by atoms with Gasteiger partial charge in [-0.2, -0.15) is 21.0 Å². The van der Waals surface area contributed by atoms with Crippen LogP contribution < -0.4 is 5.73 Å². The number of nitrogens with two attached hydrogens (primary N) is 1. The molecule has 0 bridgehead atoms. The van der Waals surface area contributed by atoms with Crippen LogP contribution in [-0.2, 0) is 4.79 Å². The topological polar surface area (TPSA) is 123 Å². The number of pyridine rings is 1. The van der Waals surface area contributed by atoms with Gasteiger partial charge < -0.3 is 10.8 Å². The van der Waals surface area contributed by atoms with Crippen LogP contribution in [0.2, 0.25) is 0 Å². The minimum absolute atomic E-state index is 0.0198. The van der Waals surface area contributed by atoms with Gasteiger partial charge in [-0.25, -0.2) is 4.98 Å². The second-order valence-electron chi connectivity index (χ2n) is 8.44. The second kappa shape index (κ2) is 8.40. The molecule has 1 saturated carbocycles. The Morgan fingerprint density at radius 3 is 2.52 bits per heavy atom. The number of carbonyl (C=O) groups excluding carboxylic acids is 1. The predicted molar refractivity (Wildman–Crippen MR) is 126 cm³/mol. The molecule has 1 aliphatic carbocycles. The lowest BCUT2D eigenvalue weighted by Gasteiger charge is -2.27. The zero-order valence-corrected chi connectivity index (χ0v) is 18.9. The number of hydrogen-bond acceptors (Lipinski definition) is 7. The minimum atomic E-state index is -0.764. The summed E-state index contributed by atoms with van der Waals surface area (Å²) in [6, 6.07) is 5.96. The molecule has 0 radical (unpaired) electrons. The van der Waals surface area contributed by atoms with E-state index in [1.165, 1.54) is 11.4 Å². The summed E-state index contributed by atoms with van der Waals surface area (Å²) in [5, 5.41) is 17.8. The number of rotatable bonds is 5. The molecule has 168 valence electrons. The molecule has 0 spiro atoms. The fraction of sp³-hybridized carbons (Fsp3) is 0.292. The standard InChI is InChI=1S/C24H23N5O3S/c1-13(30)20-21(14-2-4-15(5-3-14)24(31)32)28-23-18(11-27-29(23)22(20)25)16-6-7-19(26-10-16)17-8-9-33-12-17/h6-12,14-15H,2-5,25H2,1H3,(H,31,32)/t14-,15-. The van der Waals surface area contributed by atoms with Crippen LogP contribution in [0.3, 0.4) is 0 Å². The molecule has 9 heteroatoms. The van der Waals surface area contributed by atoms with E-state index in [4.69, 9.17) is 10.7 Å². The Bertz CT molecular complexity index is 1340. The van der Waals surface area contributed by atoms with Gasteiger partial charge >= 0.3 is 5.97 Å². The van der Waals surface area contributed by atoms with Crippen LogP contribution in [0, 0.1) is 5.92 Å². The van der Waals surface area contributed by atoms with Crippen LogP contribution in [0.25, 0.3) is 28.0 Å². The van der Waals surface area contributed by atoms with Crippen LogP contribution in [0.15, 0.2) is 41.4 Å². The summed E-state index contributed by atoms with van der Waals surface area (Å²) >= 11 is 1.62. The monoisotopic (exact) mass is 461 g/mol. The third-order valence-corrected chi connectivity index (χ3v) is 7.10. The van der Waals surface area contributed by atoms with E-state index in [2.05, 4.69) is 10.1 Å². The first-order valence-electron chi connectivity index (χ1n) is 10.8. The molecule has 33 heavy (non-hydrogen) atoms. The Labute approximate surface area is 194 Å². The van der Waals surface area contributed by atoms with E-state index < -0.39 is 5.97 Å². The molecule has 4 aromatic rings. The number of thiophene rings is 1. The number of aromatic nitrogens is 4. The molecule has 4 heterocycles. The van der Waals surface area contributed by atoms with Gasteiger partial charge in [0, 0.05) is 34.2 Å². The zero-order chi connectivity index (χ0) is 23.1. The lowest BCUT2D eigenvalue weighted by Crippen LogP contribution is -2.23. The SMILES string of the molecule is CC(=O)c1c(N)n2ncc(-c3ccc(-c4ccsc4)nc3)c2nc1[C@H]1CC[C@H](C(=O)O)CC1. The van der Waals surface area contributed by atoms with Gasteiger partial charge in [-0.3, -0.25) is 14.6 Å². The van der Waals surface area contributed by atoms with Crippen molar-refractivity contribution in [2.45, 2.75) is 38.5 Å². The number of Topliss-reactive ketones (excluding diaryl/α,β-unsaturated/α-hetero) is 1. The maximum absolute atomic E-state index is 12.5. The number of carbonyl (C=O) groups is 2. The number of nitrogen functional groups attached to an aromatic ring is 1. The van der Waals surface area contributed by atoms with Crippen molar-refractivity contribution in [1.29, 1.82) is 0 Å². The highest BCUT2D eigenvalue weighted by Gasteiger charge is 2.31. The third-order valence-electron chi connectivity index (χ3n) is 6.42. The lowest BCUT2D eigenvalue weighted by molar-refractivity contribution is -0.142. The van der Waals surface area contributed by atoms with Crippen LogP contribution >= 0.6 is 11.3 Å². The average molecular weight is 462 g/mol. The molecule has 0 amide bonds. The van der Waals surface area contributed by atoms with Crippen LogP contribution in [0.5, 0.6) is 0 Å². The van der Waals surface area contributed by atoms with Crippen LogP contribution in [0.4, 0.5) is 5.82 Å². The molecule has 4 aromatic heterocycles. The van der Waals surface area contributed by atoms with Crippen molar-refractivity contribution in [2.75, 3.05) is 5.73 Å². The number of nitrogens with zero attached hydrogens (tertiary/aromatic N) is 4. The molecule has 0 saturated heterocycles. The van der Waals surface area contributed by atoms with Crippen LogP contribution in [0.1, 0.15) is 54.6 Å². The maximum Gasteiger partial charge on any atom is 0.306 e. The lowest BCUT2D eigenvalue weighted by atomic mass is 9.79. The van der Waals surface area contributed by atoms with E-state index in [1.807, 2.05) is 29.0 Å². The molecule has 0 aliphatic heterocycles. The number of carboxylic acid groups (broad SMARTS) is 1. The van der Waals surface area contributed by atoms with E-state index in [0.717, 1.165) is 22.4 Å². The first-order chi connectivity index (χ1) is 15.9. The van der Waals surface area contributed by atoms with E-state index in [1.54, 1.807) is 23.7 Å². The first-order valence-corrected chi connectivity index (χ1v) is 11.8. The van der Waals surface area contributed by atoms with Gasteiger partial charge in [0.05, 0.1) is 29.1 Å². The largest absolute Gasteiger partial charge is 0.481 e. The summed E-state index contributed by atoms with van der Waals surface area (Å²) < 4.78 is 1.51. The fourth-order valence-electron chi connectivity index (χ4n) is 4.64. The quantitative estimate of drug-likeness (QED) is 0.414. The minimum Gasteiger partial charge on any atom is -0.481 e. The molecule has 0 atom stereocenters. The van der Waals surface area contributed by atoms with Gasteiger partial charge in [0.1, 0.15) is 5.82 Å². The van der Waals surface area contributed by atoms with Crippen molar-refractivity contribution in [3.05, 3.63) is 52.6 Å². The van der Waals surface area contributed by atoms with Gasteiger partial charge in [-0.1, -0.05) is 6.07 Å². The number of hydrogen-bond donors (Lipinski definition) is 2. The Morgan fingerprint density at radius 2 is 1.91 bits per heavy atom. The zero-order valence-electron chi connectivity index (χ0n) is 18.1. The Morgan fingerprint density at radius 1 is 1.12 bits per heavy atom. The highest BCUT2D eigenvalue weighted by atomic mass is 32.1. The number of ketones is 1. The second-order valence-corrected chi connectivity index (χ2v) is 9.22. The Kier molecular flexibility index (Phi) is 5.41. The summed E-state index contributed by atoms with van der Waals surface area (Å²) in [6.45, 7) is 1.48. The van der Waals surface area contributed by atoms with E-state index in [-0.39, 0.29) is 23.4 Å². The van der Waals surface area contributed by atoms with Crippen molar-refractivity contribution >= 4 is 34.6 Å². The summed E-state index contributed by atoms with van der Waals surface area (Å²) in [5.74, 6) is -1.04. The molecule has 8 nitrogen and oxygen atoms in total. The first kappa shape index (κ1) is 21.3. The summed E-state index contributed by atoms with van der Waals surface area (Å²) in [6.07, 6.45) is 5.91. The number of fused-ring (bicyclic) bond motifs is 1. The van der Waals surface area contributed by atoms with Gasteiger partial charge in [-0.15, -0.1) is 0 Å². The van der Waals surface area contributed by atoms with Crippen molar-refractivity contribution in [1.82, 2.24) is 19.6 Å². The molecule has 0 aromatic carbocycles. The van der Waals surface area contributed by atoms with Gasteiger partial charge in [-0.05, 0) is 50.1 Å². The third kappa shape index (κ3) is 3.78. The highest BCUT2D eigenvalue weighted by Crippen LogP contribution is 2.39. The van der Waals surface area contributed by atoms with Crippen LogP contribution in [-0.4, -0.2) is 36.4 Å². The number of anilines is 1. The van der Waals surface area contributed by atoms with E-state index >= 15 is 0 Å². The summed E-state index contributed by atoms with van der Waals surface area (Å²) in [7, 11) is 0. The van der Waals surface area contributed by atoms with Crippen molar-refractivity contribution < 1.29 is 14.7 Å². The molecule has 3 N–H and O–H groups in total. The van der Waals surface area contributed by atoms with Crippen molar-refractivity contribution in [3.63, 3.8) is 0 Å². The van der Waals surface area contributed by atoms with Gasteiger partial charge in [0.2, 0.25) is 0 Å². The summed E-state index contributed by atoms with van der Waals surface area (Å²) in [5.41, 5.74) is 11.6. The molecule has 0 unspecified atom stereocenters. The van der Waals surface area contributed by atoms with E-state index in [9.17, 15) is 14.7 Å². The molecular formula is C24H23N5O3S. The Hall–Kier alpha value is -3.59. The number of aliphatic carboxylic acids is 1. The molecule has 1 aliphatic rings.